The summed E-state index contributed by atoms with van der Waals surface area (Å²) in [5.74, 6) is -0.0950. The number of hydrogen-bond acceptors (Lipinski definition) is 3. The molecule has 0 unspecified atom stereocenters. The SMILES string of the molecule is CC(C)(C)NC(=S)N(Cc1ccccn1)C(=N)N. The maximum absolute atomic E-state index is 7.59. The monoisotopic (exact) mass is 265 g/mol. The standard InChI is InChI=1S/C12H19N5S/c1-12(2,3)16-11(18)17(10(13)14)8-9-6-4-5-7-15-9/h4-7H,8H2,1-3H3,(H3,13,14)(H,16,18). The Bertz CT molecular complexity index is 424. The van der Waals surface area contributed by atoms with Crippen LogP contribution in [0.2, 0.25) is 0 Å². The van der Waals surface area contributed by atoms with Gasteiger partial charge in [0, 0.05) is 11.7 Å². The van der Waals surface area contributed by atoms with E-state index in [1.54, 1.807) is 6.20 Å². The lowest BCUT2D eigenvalue weighted by Crippen LogP contribution is -2.51. The van der Waals surface area contributed by atoms with E-state index in [-0.39, 0.29) is 11.5 Å². The van der Waals surface area contributed by atoms with Crippen LogP contribution in [0.25, 0.3) is 0 Å². The fourth-order valence-electron chi connectivity index (χ4n) is 1.31. The molecule has 0 amide bonds. The topological polar surface area (TPSA) is 78.0 Å². The van der Waals surface area contributed by atoms with Crippen molar-refractivity contribution in [1.82, 2.24) is 15.2 Å². The minimum Gasteiger partial charge on any atom is -0.370 e. The van der Waals surface area contributed by atoms with Crippen molar-refractivity contribution in [1.29, 1.82) is 5.41 Å². The number of aromatic nitrogens is 1. The Morgan fingerprint density at radius 3 is 2.61 bits per heavy atom. The number of thiocarbonyl (C=S) groups is 1. The highest BCUT2D eigenvalue weighted by atomic mass is 32.1. The van der Waals surface area contributed by atoms with Crippen molar-refractivity contribution < 1.29 is 0 Å². The van der Waals surface area contributed by atoms with Gasteiger partial charge in [0.05, 0.1) is 12.2 Å². The molecule has 0 radical (unpaired) electrons. The first kappa shape index (κ1) is 14.4. The lowest BCUT2D eigenvalue weighted by molar-refractivity contribution is 0.471. The van der Waals surface area contributed by atoms with Gasteiger partial charge in [0.1, 0.15) is 0 Å². The number of hydrogen-bond donors (Lipinski definition) is 3. The highest BCUT2D eigenvalue weighted by Gasteiger charge is 2.18. The van der Waals surface area contributed by atoms with Crippen LogP contribution in [0.4, 0.5) is 0 Å². The summed E-state index contributed by atoms with van der Waals surface area (Å²) in [7, 11) is 0. The molecule has 1 rings (SSSR count). The van der Waals surface area contributed by atoms with Crippen LogP contribution in [0, 0.1) is 5.41 Å². The van der Waals surface area contributed by atoms with E-state index in [9.17, 15) is 0 Å². The first-order valence-corrected chi connectivity index (χ1v) is 6.04. The molecule has 1 heterocycles. The molecule has 0 atom stereocenters. The van der Waals surface area contributed by atoms with Gasteiger partial charge in [-0.2, -0.15) is 0 Å². The Labute approximate surface area is 113 Å². The van der Waals surface area contributed by atoms with Gasteiger partial charge in [-0.25, -0.2) is 0 Å². The van der Waals surface area contributed by atoms with E-state index in [1.165, 1.54) is 4.90 Å². The molecule has 6 heteroatoms. The fraction of sp³-hybridized carbons (Fsp3) is 0.417. The Kier molecular flexibility index (Phi) is 4.61. The summed E-state index contributed by atoms with van der Waals surface area (Å²) in [5.41, 5.74) is 6.20. The number of pyridine rings is 1. The number of nitrogens with zero attached hydrogens (tertiary/aromatic N) is 2. The van der Waals surface area contributed by atoms with E-state index in [0.29, 0.717) is 11.7 Å². The van der Waals surface area contributed by atoms with Gasteiger partial charge in [-0.1, -0.05) is 6.07 Å². The minimum atomic E-state index is -0.172. The van der Waals surface area contributed by atoms with Crippen LogP contribution in [0.15, 0.2) is 24.4 Å². The molecule has 0 aliphatic heterocycles. The Balaban J connectivity index is 2.78. The molecule has 0 spiro atoms. The Morgan fingerprint density at radius 1 is 1.50 bits per heavy atom. The number of nitrogens with one attached hydrogen (secondary N) is 2. The zero-order valence-corrected chi connectivity index (χ0v) is 11.7. The van der Waals surface area contributed by atoms with Crippen LogP contribution in [-0.2, 0) is 6.54 Å². The van der Waals surface area contributed by atoms with Gasteiger partial charge < -0.3 is 11.1 Å². The molecule has 98 valence electrons. The molecule has 18 heavy (non-hydrogen) atoms. The van der Waals surface area contributed by atoms with Gasteiger partial charge in [-0.3, -0.25) is 15.3 Å². The molecule has 0 fully saturated rings. The second-order valence-electron chi connectivity index (χ2n) is 4.97. The van der Waals surface area contributed by atoms with Crippen LogP contribution < -0.4 is 11.1 Å². The molecular weight excluding hydrogens is 246 g/mol. The first-order chi connectivity index (χ1) is 8.29. The number of guanidine groups is 1. The molecule has 0 aromatic carbocycles. The van der Waals surface area contributed by atoms with Crippen molar-refractivity contribution in [2.45, 2.75) is 32.9 Å². The molecule has 1 aromatic rings. The van der Waals surface area contributed by atoms with Gasteiger partial charge in [-0.05, 0) is 45.1 Å². The number of nitrogens with two attached hydrogens (primary N) is 1. The van der Waals surface area contributed by atoms with Gasteiger partial charge in [0.2, 0.25) is 0 Å². The van der Waals surface area contributed by atoms with E-state index in [4.69, 9.17) is 23.4 Å². The normalized spacial score (nSPS) is 10.8. The van der Waals surface area contributed by atoms with Gasteiger partial charge in [-0.15, -0.1) is 0 Å². The van der Waals surface area contributed by atoms with Crippen molar-refractivity contribution in [2.24, 2.45) is 5.73 Å². The predicted octanol–water partition coefficient (Wildman–Crippen LogP) is 1.45. The summed E-state index contributed by atoms with van der Waals surface area (Å²) in [4.78, 5) is 5.72. The molecule has 0 bridgehead atoms. The van der Waals surface area contributed by atoms with Crippen molar-refractivity contribution in [3.05, 3.63) is 30.1 Å². The summed E-state index contributed by atoms with van der Waals surface area (Å²) in [6, 6.07) is 5.60. The third kappa shape index (κ3) is 4.67. The second-order valence-corrected chi connectivity index (χ2v) is 5.36. The van der Waals surface area contributed by atoms with Crippen molar-refractivity contribution >= 4 is 23.3 Å². The second kappa shape index (κ2) is 5.77. The third-order valence-corrected chi connectivity index (χ3v) is 2.39. The average Bonchev–Trinajstić information content (AvgIpc) is 2.24. The van der Waals surface area contributed by atoms with E-state index in [1.807, 2.05) is 39.0 Å². The lowest BCUT2D eigenvalue weighted by atomic mass is 10.1. The van der Waals surface area contributed by atoms with Crippen LogP contribution in [0.3, 0.4) is 0 Å². The molecular formula is C12H19N5S. The molecule has 0 saturated carbocycles. The molecule has 4 N–H and O–H groups in total. The van der Waals surface area contributed by atoms with Crippen LogP contribution in [0.1, 0.15) is 26.5 Å². The van der Waals surface area contributed by atoms with E-state index in [2.05, 4.69) is 10.3 Å². The van der Waals surface area contributed by atoms with Gasteiger partial charge >= 0.3 is 0 Å². The summed E-state index contributed by atoms with van der Waals surface area (Å²) < 4.78 is 0. The maximum Gasteiger partial charge on any atom is 0.195 e. The van der Waals surface area contributed by atoms with E-state index in [0.717, 1.165) is 5.69 Å². The maximum atomic E-state index is 7.59. The van der Waals surface area contributed by atoms with E-state index >= 15 is 0 Å². The van der Waals surface area contributed by atoms with Crippen LogP contribution >= 0.6 is 12.2 Å². The molecule has 0 aliphatic rings. The Morgan fingerprint density at radius 2 is 2.17 bits per heavy atom. The minimum absolute atomic E-state index is 0.0950. The average molecular weight is 265 g/mol. The van der Waals surface area contributed by atoms with Crippen LogP contribution in [-0.4, -0.2) is 26.5 Å². The summed E-state index contributed by atoms with van der Waals surface area (Å²) >= 11 is 5.27. The molecule has 0 aliphatic carbocycles. The summed E-state index contributed by atoms with van der Waals surface area (Å²) in [5, 5.41) is 11.1. The van der Waals surface area contributed by atoms with Crippen molar-refractivity contribution in [2.75, 3.05) is 0 Å². The zero-order chi connectivity index (χ0) is 13.8. The summed E-state index contributed by atoms with van der Waals surface area (Å²) in [6.07, 6.45) is 1.70. The highest BCUT2D eigenvalue weighted by molar-refractivity contribution is 7.80. The summed E-state index contributed by atoms with van der Waals surface area (Å²) in [6.45, 7) is 6.38. The number of rotatable bonds is 2. The third-order valence-electron chi connectivity index (χ3n) is 2.06. The largest absolute Gasteiger partial charge is 0.370 e. The fourth-order valence-corrected chi connectivity index (χ4v) is 1.78. The molecule has 5 nitrogen and oxygen atoms in total. The smallest absolute Gasteiger partial charge is 0.195 e. The van der Waals surface area contributed by atoms with Crippen molar-refractivity contribution in [3.63, 3.8) is 0 Å². The van der Waals surface area contributed by atoms with Crippen LogP contribution in [0.5, 0.6) is 0 Å². The lowest BCUT2D eigenvalue weighted by Gasteiger charge is -2.29. The van der Waals surface area contributed by atoms with Gasteiger partial charge in [0.15, 0.2) is 11.1 Å². The Hall–Kier alpha value is -1.69. The van der Waals surface area contributed by atoms with Gasteiger partial charge in [0.25, 0.3) is 0 Å². The quantitative estimate of drug-likeness (QED) is 0.428. The van der Waals surface area contributed by atoms with E-state index < -0.39 is 0 Å². The molecule has 1 aromatic heterocycles. The zero-order valence-electron chi connectivity index (χ0n) is 10.9. The predicted molar refractivity (Wildman–Crippen MR) is 77.2 cm³/mol. The highest BCUT2D eigenvalue weighted by Crippen LogP contribution is 2.05. The van der Waals surface area contributed by atoms with Crippen molar-refractivity contribution in [3.8, 4) is 0 Å². The first-order valence-electron chi connectivity index (χ1n) is 5.63. The molecule has 0 saturated heterocycles.